The van der Waals surface area contributed by atoms with Crippen LogP contribution in [-0.4, -0.2) is 62.2 Å². The predicted molar refractivity (Wildman–Crippen MR) is 129 cm³/mol. The number of anilines is 2. The zero-order valence-electron chi connectivity index (χ0n) is 19.3. The fourth-order valence-electron chi connectivity index (χ4n) is 4.34. The zero-order valence-corrected chi connectivity index (χ0v) is 19.3. The van der Waals surface area contributed by atoms with Gasteiger partial charge in [-0.1, -0.05) is 12.0 Å². The molecule has 1 aromatic heterocycles. The molecule has 0 aliphatic carbocycles. The van der Waals surface area contributed by atoms with E-state index in [-0.39, 0.29) is 5.91 Å². The molecule has 1 aromatic carbocycles. The van der Waals surface area contributed by atoms with E-state index < -0.39 is 0 Å². The number of aromatic nitrogens is 1. The topological polar surface area (TPSA) is 57.7 Å². The summed E-state index contributed by atoms with van der Waals surface area (Å²) < 4.78 is 5.57. The van der Waals surface area contributed by atoms with Crippen LogP contribution < -0.4 is 10.2 Å². The molecule has 0 bridgehead atoms. The van der Waals surface area contributed by atoms with Gasteiger partial charge in [-0.15, -0.1) is 0 Å². The number of aryl methyl sites for hydroxylation is 1. The predicted octanol–water partition coefficient (Wildman–Crippen LogP) is 3.55. The second-order valence-electron chi connectivity index (χ2n) is 8.52. The highest BCUT2D eigenvalue weighted by atomic mass is 16.5. The molecule has 0 unspecified atom stereocenters. The molecule has 6 heteroatoms. The van der Waals surface area contributed by atoms with E-state index in [0.717, 1.165) is 74.9 Å². The molecular formula is C26H32N4O2. The van der Waals surface area contributed by atoms with Crippen molar-refractivity contribution >= 4 is 17.3 Å². The van der Waals surface area contributed by atoms with Gasteiger partial charge >= 0.3 is 0 Å². The minimum absolute atomic E-state index is 0.154. The van der Waals surface area contributed by atoms with Gasteiger partial charge < -0.3 is 19.9 Å². The van der Waals surface area contributed by atoms with Crippen molar-refractivity contribution in [2.75, 3.05) is 56.7 Å². The molecule has 0 saturated carbocycles. The average molecular weight is 433 g/mol. The van der Waals surface area contributed by atoms with E-state index in [0.29, 0.717) is 5.92 Å². The number of morpholine rings is 1. The maximum Gasteiger partial charge on any atom is 0.219 e. The zero-order chi connectivity index (χ0) is 22.5. The Bertz CT molecular complexity index is 1030. The van der Waals surface area contributed by atoms with Crippen molar-refractivity contribution in [1.29, 1.82) is 0 Å². The molecule has 1 N–H and O–H groups in total. The van der Waals surface area contributed by atoms with Crippen LogP contribution in [0.25, 0.3) is 11.1 Å². The van der Waals surface area contributed by atoms with Crippen LogP contribution in [0.2, 0.25) is 0 Å². The molecule has 2 aliphatic heterocycles. The number of pyridine rings is 1. The van der Waals surface area contributed by atoms with Crippen molar-refractivity contribution in [3.05, 3.63) is 41.7 Å². The van der Waals surface area contributed by atoms with Gasteiger partial charge in [0, 0.05) is 63.5 Å². The van der Waals surface area contributed by atoms with E-state index in [2.05, 4.69) is 53.2 Å². The van der Waals surface area contributed by atoms with Crippen molar-refractivity contribution < 1.29 is 9.53 Å². The van der Waals surface area contributed by atoms with Gasteiger partial charge in [0.2, 0.25) is 5.91 Å². The number of hydrogen-bond donors (Lipinski definition) is 1. The molecule has 4 rings (SSSR count). The van der Waals surface area contributed by atoms with Gasteiger partial charge in [0.15, 0.2) is 0 Å². The smallest absolute Gasteiger partial charge is 0.219 e. The number of benzene rings is 1. The van der Waals surface area contributed by atoms with Crippen molar-refractivity contribution in [1.82, 2.24) is 9.88 Å². The number of nitrogens with zero attached hydrogens (tertiary/aromatic N) is 3. The summed E-state index contributed by atoms with van der Waals surface area (Å²) in [5.74, 6) is 7.29. The molecular weight excluding hydrogens is 400 g/mol. The van der Waals surface area contributed by atoms with Gasteiger partial charge in [-0.05, 0) is 55.0 Å². The van der Waals surface area contributed by atoms with Gasteiger partial charge in [0.25, 0.3) is 0 Å². The number of carbonyl (C=O) groups excluding carboxylic acids is 1. The molecule has 1 amide bonds. The number of nitrogens with one attached hydrogen (secondary N) is 1. The van der Waals surface area contributed by atoms with Crippen LogP contribution in [0.5, 0.6) is 0 Å². The van der Waals surface area contributed by atoms with Gasteiger partial charge in [0.05, 0.1) is 18.9 Å². The van der Waals surface area contributed by atoms with Crippen molar-refractivity contribution in [3.8, 4) is 23.0 Å². The first-order chi connectivity index (χ1) is 15.5. The minimum Gasteiger partial charge on any atom is -0.388 e. The Balaban J connectivity index is 1.64. The molecule has 2 aromatic rings. The van der Waals surface area contributed by atoms with Crippen molar-refractivity contribution in [2.45, 2.75) is 26.7 Å². The lowest BCUT2D eigenvalue weighted by molar-refractivity contribution is -0.129. The molecule has 3 heterocycles. The van der Waals surface area contributed by atoms with Gasteiger partial charge in [-0.2, -0.15) is 0 Å². The van der Waals surface area contributed by atoms with E-state index >= 15 is 0 Å². The second-order valence-corrected chi connectivity index (χ2v) is 8.52. The summed E-state index contributed by atoms with van der Waals surface area (Å²) in [4.78, 5) is 20.6. The monoisotopic (exact) mass is 432 g/mol. The van der Waals surface area contributed by atoms with Crippen LogP contribution in [0, 0.1) is 24.7 Å². The quantitative estimate of drug-likeness (QED) is 0.752. The highest BCUT2D eigenvalue weighted by Gasteiger charge is 2.20. The third kappa shape index (κ3) is 5.05. The summed E-state index contributed by atoms with van der Waals surface area (Å²) in [7, 11) is 1.94. The number of likely N-dealkylation sites (tertiary alicyclic amines) is 1. The Morgan fingerprint density at radius 2 is 1.91 bits per heavy atom. The average Bonchev–Trinajstić information content (AvgIpc) is 2.84. The minimum atomic E-state index is 0.154. The number of piperidine rings is 1. The molecule has 0 spiro atoms. The Kier molecular flexibility index (Phi) is 6.96. The molecule has 168 valence electrons. The van der Waals surface area contributed by atoms with Gasteiger partial charge in [-0.25, -0.2) is 4.98 Å². The van der Waals surface area contributed by atoms with Crippen LogP contribution in [0.15, 0.2) is 30.5 Å². The summed E-state index contributed by atoms with van der Waals surface area (Å²) in [5, 5.41) is 3.23. The Hall–Kier alpha value is -3.04. The lowest BCUT2D eigenvalue weighted by atomic mass is 9.97. The van der Waals surface area contributed by atoms with E-state index in [9.17, 15) is 4.79 Å². The molecule has 2 aliphatic rings. The Morgan fingerprint density at radius 1 is 1.16 bits per heavy atom. The molecule has 0 radical (unpaired) electrons. The summed E-state index contributed by atoms with van der Waals surface area (Å²) in [6, 6.07) is 8.62. The summed E-state index contributed by atoms with van der Waals surface area (Å²) >= 11 is 0. The second kappa shape index (κ2) is 10.1. The van der Waals surface area contributed by atoms with Crippen molar-refractivity contribution in [3.63, 3.8) is 0 Å². The maximum atomic E-state index is 11.6. The van der Waals surface area contributed by atoms with Crippen molar-refractivity contribution in [2.24, 2.45) is 5.92 Å². The standard InChI is InChI=1S/C26H32N4O2/c1-19-4-6-23(27-3)17-24(19)22-16-26(30-12-14-32-15-13-30)25(28-18-22)7-5-21-8-10-29(11-9-21)20(2)31/h4,6,16-18,21,27H,8-15H2,1-3H3. The van der Waals surface area contributed by atoms with Crippen LogP contribution in [0.4, 0.5) is 11.4 Å². The molecule has 32 heavy (non-hydrogen) atoms. The first-order valence-electron chi connectivity index (χ1n) is 11.4. The molecule has 2 saturated heterocycles. The number of ether oxygens (including phenoxy) is 1. The largest absolute Gasteiger partial charge is 0.388 e. The summed E-state index contributed by atoms with van der Waals surface area (Å²) in [6.45, 7) is 8.46. The van der Waals surface area contributed by atoms with Crippen LogP contribution in [0.3, 0.4) is 0 Å². The highest BCUT2D eigenvalue weighted by molar-refractivity contribution is 5.75. The molecule has 6 nitrogen and oxygen atoms in total. The number of amides is 1. The van der Waals surface area contributed by atoms with E-state index in [1.165, 1.54) is 11.1 Å². The Morgan fingerprint density at radius 3 is 2.59 bits per heavy atom. The lowest BCUT2D eigenvalue weighted by Crippen LogP contribution is -2.37. The first kappa shape index (κ1) is 22.2. The molecule has 2 fully saturated rings. The van der Waals surface area contributed by atoms with Crippen LogP contribution in [-0.2, 0) is 9.53 Å². The lowest BCUT2D eigenvalue weighted by Gasteiger charge is -2.30. The molecule has 0 atom stereocenters. The third-order valence-corrected chi connectivity index (χ3v) is 6.39. The number of rotatable bonds is 3. The van der Waals surface area contributed by atoms with Crippen LogP contribution in [0.1, 0.15) is 31.0 Å². The van der Waals surface area contributed by atoms with Crippen LogP contribution >= 0.6 is 0 Å². The first-order valence-corrected chi connectivity index (χ1v) is 11.4. The number of hydrogen-bond acceptors (Lipinski definition) is 5. The Labute approximate surface area is 191 Å². The normalized spacial score (nSPS) is 17.0. The fraction of sp³-hybridized carbons (Fsp3) is 0.462. The fourth-order valence-corrected chi connectivity index (χ4v) is 4.34. The van der Waals surface area contributed by atoms with Gasteiger partial charge in [-0.3, -0.25) is 4.79 Å². The van der Waals surface area contributed by atoms with E-state index in [1.54, 1.807) is 6.92 Å². The maximum absolute atomic E-state index is 11.6. The van der Waals surface area contributed by atoms with E-state index in [4.69, 9.17) is 9.72 Å². The van der Waals surface area contributed by atoms with Gasteiger partial charge in [0.1, 0.15) is 5.69 Å². The SMILES string of the molecule is CNc1ccc(C)c(-c2cnc(C#CC3CCN(C(C)=O)CC3)c(N3CCOCC3)c2)c1. The third-order valence-electron chi connectivity index (χ3n) is 6.39. The summed E-state index contributed by atoms with van der Waals surface area (Å²) in [6.07, 6.45) is 3.79. The summed E-state index contributed by atoms with van der Waals surface area (Å²) in [5.41, 5.74) is 6.48. The number of carbonyl (C=O) groups is 1. The highest BCUT2D eigenvalue weighted by Crippen LogP contribution is 2.31. The van der Waals surface area contributed by atoms with E-state index in [1.807, 2.05) is 18.1 Å².